The van der Waals surface area contributed by atoms with Crippen LogP contribution in [0.15, 0.2) is 120 Å². The molecule has 0 spiro atoms. The number of furan rings is 1. The van der Waals surface area contributed by atoms with Crippen molar-refractivity contribution in [3.8, 4) is 22.6 Å². The van der Waals surface area contributed by atoms with Crippen LogP contribution in [0.4, 0.5) is 0 Å². The second kappa shape index (κ2) is 12.8. The molecule has 46 heavy (non-hydrogen) atoms. The normalized spacial score (nSPS) is 11.6. The quantitative estimate of drug-likeness (QED) is 0.132. The Balaban J connectivity index is 0.000000187. The number of hydrogen-bond donors (Lipinski definition) is 0. The minimum atomic E-state index is -1.23. The Morgan fingerprint density at radius 2 is 1.50 bits per heavy atom. The Hall–Kier alpha value is -4.35. The molecule has 231 valence electrons. The van der Waals surface area contributed by atoms with Crippen LogP contribution in [0.1, 0.15) is 19.9 Å². The van der Waals surface area contributed by atoms with E-state index in [2.05, 4.69) is 116 Å². The zero-order valence-electron chi connectivity index (χ0n) is 26.6. The maximum absolute atomic E-state index is 6.27. The Bertz CT molecular complexity index is 2280. The standard InChI is InChI=1S/C26H19N2O.C14H16NSi.Ir/c1-16(2)28-22-15-14-17-8-3-4-9-18(17)24(22)27-26(28)21-12-7-11-20-19-10-5-6-13-23(19)29-25(20)21;1-16(2,3)13-9-10-14(15-11-13)12-7-5-4-6-8-12;/h3-11,13-16H,1-2H3;4-7,9-11H,1-3H3;/q2*-1;. The largest absolute Gasteiger partial charge is 0.501 e. The zero-order valence-corrected chi connectivity index (χ0v) is 30.0. The van der Waals surface area contributed by atoms with Gasteiger partial charge in [0.15, 0.2) is 0 Å². The van der Waals surface area contributed by atoms with Crippen LogP contribution in [-0.4, -0.2) is 22.6 Å². The van der Waals surface area contributed by atoms with E-state index < -0.39 is 8.07 Å². The SMILES string of the molecule is CC(C)n1c(-c2[c-]ccc3c2oc2ccccc23)nc2c3ccccc3ccc21.C[Si](C)(C)c1ccc(-c2[c-]cccc2)nc1.[Ir]. The number of hydrogen-bond acceptors (Lipinski definition) is 3. The molecular weight excluding hydrogens is 759 g/mol. The topological polar surface area (TPSA) is 43.9 Å². The van der Waals surface area contributed by atoms with Crippen LogP contribution in [-0.2, 0) is 20.1 Å². The molecule has 0 unspecified atom stereocenters. The fourth-order valence-corrected chi connectivity index (χ4v) is 6.97. The van der Waals surface area contributed by atoms with Crippen molar-refractivity contribution in [2.75, 3.05) is 0 Å². The van der Waals surface area contributed by atoms with Crippen LogP contribution in [0.3, 0.4) is 0 Å². The van der Waals surface area contributed by atoms with Crippen molar-refractivity contribution in [1.82, 2.24) is 14.5 Å². The Morgan fingerprint density at radius 3 is 2.22 bits per heavy atom. The Kier molecular flexibility index (Phi) is 8.80. The summed E-state index contributed by atoms with van der Waals surface area (Å²) in [6.45, 7) is 11.4. The van der Waals surface area contributed by atoms with Gasteiger partial charge in [-0.25, -0.2) is 0 Å². The van der Waals surface area contributed by atoms with Gasteiger partial charge in [0.1, 0.15) is 5.58 Å². The molecule has 6 heteroatoms. The molecule has 0 amide bonds. The van der Waals surface area contributed by atoms with Crippen molar-refractivity contribution in [2.24, 2.45) is 0 Å². The number of nitrogens with zero attached hydrogens (tertiary/aromatic N) is 3. The van der Waals surface area contributed by atoms with Gasteiger partial charge >= 0.3 is 0 Å². The monoisotopic (exact) mass is 794 g/mol. The van der Waals surface area contributed by atoms with Crippen molar-refractivity contribution < 1.29 is 24.5 Å². The van der Waals surface area contributed by atoms with E-state index in [0.29, 0.717) is 0 Å². The summed E-state index contributed by atoms with van der Waals surface area (Å²) in [5.41, 5.74) is 6.86. The van der Waals surface area contributed by atoms with Crippen LogP contribution in [0.5, 0.6) is 0 Å². The minimum absolute atomic E-state index is 0. The molecule has 4 nitrogen and oxygen atoms in total. The van der Waals surface area contributed by atoms with Gasteiger partial charge < -0.3 is 14.0 Å². The van der Waals surface area contributed by atoms with E-state index in [1.807, 2.05) is 54.7 Å². The molecule has 1 radical (unpaired) electrons. The Morgan fingerprint density at radius 1 is 0.739 bits per heavy atom. The third-order valence-electron chi connectivity index (χ3n) is 8.28. The van der Waals surface area contributed by atoms with Gasteiger partial charge in [0.05, 0.1) is 30.5 Å². The minimum Gasteiger partial charge on any atom is -0.501 e. The van der Waals surface area contributed by atoms with Crippen molar-refractivity contribution >= 4 is 57.0 Å². The third-order valence-corrected chi connectivity index (χ3v) is 10.3. The summed E-state index contributed by atoms with van der Waals surface area (Å²) in [5.74, 6) is 0.899. The molecule has 3 aromatic heterocycles. The van der Waals surface area contributed by atoms with E-state index in [1.54, 1.807) is 0 Å². The van der Waals surface area contributed by atoms with Crippen molar-refractivity contribution in [1.29, 1.82) is 0 Å². The molecule has 0 saturated heterocycles. The first kappa shape index (κ1) is 31.6. The van der Waals surface area contributed by atoms with Gasteiger partial charge in [-0.2, -0.15) is 0 Å². The van der Waals surface area contributed by atoms with Gasteiger partial charge in [0.2, 0.25) is 0 Å². The van der Waals surface area contributed by atoms with Gasteiger partial charge in [-0.15, -0.1) is 54.1 Å². The van der Waals surface area contributed by atoms with Crippen molar-refractivity contribution in [2.45, 2.75) is 39.5 Å². The summed E-state index contributed by atoms with van der Waals surface area (Å²) in [7, 11) is -1.23. The van der Waals surface area contributed by atoms with E-state index in [9.17, 15) is 0 Å². The molecule has 0 bridgehead atoms. The number of para-hydroxylation sites is 1. The van der Waals surface area contributed by atoms with E-state index in [0.717, 1.165) is 55.6 Å². The van der Waals surface area contributed by atoms with Crippen LogP contribution in [0.25, 0.3) is 66.4 Å². The predicted molar refractivity (Wildman–Crippen MR) is 191 cm³/mol. The fraction of sp³-hybridized carbons (Fsp3) is 0.150. The molecule has 5 aromatic carbocycles. The van der Waals surface area contributed by atoms with E-state index >= 15 is 0 Å². The molecule has 0 atom stereocenters. The molecule has 0 aliphatic carbocycles. The van der Waals surface area contributed by atoms with Crippen LogP contribution in [0, 0.1) is 12.1 Å². The maximum atomic E-state index is 6.27. The molecule has 0 aliphatic heterocycles. The molecule has 8 rings (SSSR count). The van der Waals surface area contributed by atoms with E-state index in [4.69, 9.17) is 9.40 Å². The number of pyridine rings is 1. The summed E-state index contributed by atoms with van der Waals surface area (Å²) < 4.78 is 8.56. The van der Waals surface area contributed by atoms with Crippen LogP contribution < -0.4 is 5.19 Å². The number of aromatic nitrogens is 3. The number of fused-ring (bicyclic) bond motifs is 6. The first-order valence-corrected chi connectivity index (χ1v) is 19.0. The van der Waals surface area contributed by atoms with Gasteiger partial charge in [-0.05, 0) is 42.2 Å². The first-order valence-electron chi connectivity index (χ1n) is 15.5. The number of benzene rings is 5. The predicted octanol–water partition coefficient (Wildman–Crippen LogP) is 10.2. The number of rotatable bonds is 4. The zero-order chi connectivity index (χ0) is 31.1. The van der Waals surface area contributed by atoms with Gasteiger partial charge in [-0.1, -0.05) is 91.3 Å². The fourth-order valence-electron chi connectivity index (χ4n) is 5.93. The molecule has 0 fully saturated rings. The molecule has 8 aromatic rings. The third kappa shape index (κ3) is 5.85. The van der Waals surface area contributed by atoms with Gasteiger partial charge in [0, 0.05) is 43.1 Å². The average Bonchev–Trinajstić information content (AvgIpc) is 3.65. The van der Waals surface area contributed by atoms with Crippen molar-refractivity contribution in [3.05, 3.63) is 128 Å². The van der Waals surface area contributed by atoms with E-state index in [1.165, 1.54) is 16.0 Å². The molecule has 0 N–H and O–H groups in total. The smallest absolute Gasteiger partial charge is 0.120 e. The molecule has 0 aliphatic rings. The number of imidazole rings is 1. The Labute approximate surface area is 284 Å². The molecule has 3 heterocycles. The summed E-state index contributed by atoms with van der Waals surface area (Å²) in [6, 6.07) is 44.1. The summed E-state index contributed by atoms with van der Waals surface area (Å²) >= 11 is 0. The maximum Gasteiger partial charge on any atom is 0.120 e. The summed E-state index contributed by atoms with van der Waals surface area (Å²) in [5, 5.41) is 5.98. The van der Waals surface area contributed by atoms with Crippen molar-refractivity contribution in [3.63, 3.8) is 0 Å². The molecule has 0 saturated carbocycles. The summed E-state index contributed by atoms with van der Waals surface area (Å²) in [6.07, 6.45) is 2.02. The van der Waals surface area contributed by atoms with E-state index in [-0.39, 0.29) is 26.1 Å². The van der Waals surface area contributed by atoms with Crippen LogP contribution in [0.2, 0.25) is 19.6 Å². The van der Waals surface area contributed by atoms with Gasteiger partial charge in [0.25, 0.3) is 0 Å². The first-order chi connectivity index (χ1) is 21.8. The van der Waals surface area contributed by atoms with Crippen LogP contribution >= 0.6 is 0 Å². The second-order valence-corrected chi connectivity index (χ2v) is 17.8. The molecular formula is C40H35IrN3OSi-2. The summed E-state index contributed by atoms with van der Waals surface area (Å²) in [4.78, 5) is 9.64. The second-order valence-electron chi connectivity index (χ2n) is 12.7. The van der Waals surface area contributed by atoms with Gasteiger partial charge in [-0.3, -0.25) is 4.98 Å². The average molecular weight is 794 g/mol.